The molecule has 18 heavy (non-hydrogen) atoms. The minimum Gasteiger partial charge on any atom is -0.394 e. The van der Waals surface area contributed by atoms with Gasteiger partial charge in [0.05, 0.1) is 25.6 Å². The van der Waals surface area contributed by atoms with Crippen molar-refractivity contribution < 1.29 is 9.84 Å². The summed E-state index contributed by atoms with van der Waals surface area (Å²) in [6, 6.07) is 0. The molecule has 3 N–H and O–H groups in total. The van der Waals surface area contributed by atoms with E-state index in [0.29, 0.717) is 13.2 Å². The normalized spacial score (nSPS) is 10.3. The van der Waals surface area contributed by atoms with Gasteiger partial charge >= 0.3 is 0 Å². The number of nitrogens with zero attached hydrogens (tertiary/aromatic N) is 2. The first kappa shape index (κ1) is 14.7. The largest absolute Gasteiger partial charge is 0.394 e. The Kier molecular flexibility index (Phi) is 7.83. The van der Waals surface area contributed by atoms with Crippen molar-refractivity contribution >= 4 is 11.6 Å². The molecule has 6 heteroatoms. The van der Waals surface area contributed by atoms with Crippen LogP contribution >= 0.6 is 0 Å². The first-order chi connectivity index (χ1) is 8.86. The van der Waals surface area contributed by atoms with Crippen molar-refractivity contribution in [3.05, 3.63) is 12.4 Å². The van der Waals surface area contributed by atoms with Gasteiger partial charge in [-0.2, -0.15) is 0 Å². The lowest BCUT2D eigenvalue weighted by atomic mass is 10.4. The SMILES string of the molecule is CCCNc1cncc(NCCCOCCO)n1. The smallest absolute Gasteiger partial charge is 0.146 e. The first-order valence-corrected chi connectivity index (χ1v) is 6.35. The van der Waals surface area contributed by atoms with Crippen LogP contribution in [0, 0.1) is 0 Å². The molecule has 0 radical (unpaired) electrons. The van der Waals surface area contributed by atoms with Gasteiger partial charge < -0.3 is 20.5 Å². The predicted octanol–water partition coefficient (Wildman–Crippen LogP) is 1.11. The van der Waals surface area contributed by atoms with Crippen LogP contribution in [-0.2, 0) is 4.74 Å². The average Bonchev–Trinajstić information content (AvgIpc) is 2.41. The van der Waals surface area contributed by atoms with Crippen molar-refractivity contribution in [2.24, 2.45) is 0 Å². The fourth-order valence-corrected chi connectivity index (χ4v) is 1.35. The number of aliphatic hydroxyl groups excluding tert-OH is 1. The second kappa shape index (κ2) is 9.61. The quantitative estimate of drug-likeness (QED) is 0.543. The topological polar surface area (TPSA) is 79.3 Å². The molecule has 1 aromatic heterocycles. The van der Waals surface area contributed by atoms with Gasteiger partial charge in [0.15, 0.2) is 0 Å². The van der Waals surface area contributed by atoms with Gasteiger partial charge in [-0.05, 0) is 12.8 Å². The molecule has 0 amide bonds. The average molecular weight is 254 g/mol. The Morgan fingerprint density at radius 3 is 2.56 bits per heavy atom. The Bertz CT molecular complexity index is 323. The van der Waals surface area contributed by atoms with Crippen LogP contribution < -0.4 is 10.6 Å². The van der Waals surface area contributed by atoms with Gasteiger partial charge in [-0.25, -0.2) is 4.98 Å². The lowest BCUT2D eigenvalue weighted by molar-refractivity contribution is 0.0922. The van der Waals surface area contributed by atoms with E-state index in [1.54, 1.807) is 12.4 Å². The molecule has 0 aliphatic heterocycles. The molecule has 0 saturated heterocycles. The molecule has 0 aliphatic carbocycles. The Labute approximate surface area is 108 Å². The fraction of sp³-hybridized carbons (Fsp3) is 0.667. The van der Waals surface area contributed by atoms with Crippen molar-refractivity contribution in [2.75, 3.05) is 43.5 Å². The zero-order chi connectivity index (χ0) is 13.1. The standard InChI is InChI=1S/C12H22N4O2/c1-2-4-14-11-9-13-10-12(16-11)15-5-3-7-18-8-6-17/h9-10,17H,2-8H2,1H3,(H2,14,15,16). The number of rotatable bonds is 10. The third-order valence-corrected chi connectivity index (χ3v) is 2.20. The van der Waals surface area contributed by atoms with Gasteiger partial charge in [0, 0.05) is 19.7 Å². The number of nitrogens with one attached hydrogen (secondary N) is 2. The third kappa shape index (κ3) is 6.36. The molecule has 0 aromatic carbocycles. The molecule has 0 fully saturated rings. The Morgan fingerprint density at radius 1 is 1.17 bits per heavy atom. The van der Waals surface area contributed by atoms with Crippen LogP contribution in [0.3, 0.4) is 0 Å². The van der Waals surface area contributed by atoms with Crippen molar-refractivity contribution in [1.29, 1.82) is 0 Å². The van der Waals surface area contributed by atoms with Crippen LogP contribution in [0.1, 0.15) is 19.8 Å². The maximum atomic E-state index is 8.54. The summed E-state index contributed by atoms with van der Waals surface area (Å²) in [5, 5.41) is 14.9. The molecule has 0 unspecified atom stereocenters. The van der Waals surface area contributed by atoms with Crippen LogP contribution in [0.2, 0.25) is 0 Å². The number of aliphatic hydroxyl groups is 1. The van der Waals surface area contributed by atoms with E-state index in [2.05, 4.69) is 27.5 Å². The zero-order valence-electron chi connectivity index (χ0n) is 10.9. The van der Waals surface area contributed by atoms with Gasteiger partial charge in [0.2, 0.25) is 0 Å². The van der Waals surface area contributed by atoms with Crippen molar-refractivity contribution in [1.82, 2.24) is 9.97 Å². The second-order valence-corrected chi connectivity index (χ2v) is 3.83. The Hall–Kier alpha value is -1.40. The van der Waals surface area contributed by atoms with Crippen molar-refractivity contribution in [3.8, 4) is 0 Å². The minimum absolute atomic E-state index is 0.0735. The monoisotopic (exact) mass is 254 g/mol. The highest BCUT2D eigenvalue weighted by Gasteiger charge is 1.97. The Morgan fingerprint density at radius 2 is 1.89 bits per heavy atom. The van der Waals surface area contributed by atoms with Crippen molar-refractivity contribution in [3.63, 3.8) is 0 Å². The number of aromatic nitrogens is 2. The third-order valence-electron chi connectivity index (χ3n) is 2.20. The van der Waals surface area contributed by atoms with E-state index in [1.807, 2.05) is 0 Å². The van der Waals surface area contributed by atoms with E-state index in [4.69, 9.17) is 9.84 Å². The van der Waals surface area contributed by atoms with Gasteiger partial charge in [0.1, 0.15) is 11.6 Å². The number of hydrogen-bond donors (Lipinski definition) is 3. The molecule has 102 valence electrons. The second-order valence-electron chi connectivity index (χ2n) is 3.83. The van der Waals surface area contributed by atoms with E-state index < -0.39 is 0 Å². The van der Waals surface area contributed by atoms with Gasteiger partial charge in [0.25, 0.3) is 0 Å². The summed E-state index contributed by atoms with van der Waals surface area (Å²) in [4.78, 5) is 8.49. The van der Waals surface area contributed by atoms with Gasteiger partial charge in [-0.3, -0.25) is 4.98 Å². The van der Waals surface area contributed by atoms with Crippen LogP contribution in [0.25, 0.3) is 0 Å². The molecule has 6 nitrogen and oxygen atoms in total. The molecule has 1 rings (SSSR count). The highest BCUT2D eigenvalue weighted by Crippen LogP contribution is 2.06. The highest BCUT2D eigenvalue weighted by molar-refractivity contribution is 5.41. The van der Waals surface area contributed by atoms with E-state index in [1.165, 1.54) is 0 Å². The maximum absolute atomic E-state index is 8.54. The fourth-order valence-electron chi connectivity index (χ4n) is 1.35. The van der Waals surface area contributed by atoms with E-state index in [9.17, 15) is 0 Å². The zero-order valence-corrected chi connectivity index (χ0v) is 10.9. The van der Waals surface area contributed by atoms with Crippen molar-refractivity contribution in [2.45, 2.75) is 19.8 Å². The van der Waals surface area contributed by atoms with Gasteiger partial charge in [-0.1, -0.05) is 6.92 Å². The summed E-state index contributed by atoms with van der Waals surface area (Å²) in [6.07, 6.45) is 5.34. The van der Waals surface area contributed by atoms with Crippen LogP contribution in [-0.4, -0.2) is 48.0 Å². The molecule has 0 spiro atoms. The maximum Gasteiger partial charge on any atom is 0.146 e. The summed E-state index contributed by atoms with van der Waals surface area (Å²) in [6.45, 7) is 4.88. The summed E-state index contributed by atoms with van der Waals surface area (Å²) in [5.41, 5.74) is 0. The number of hydrogen-bond acceptors (Lipinski definition) is 6. The number of anilines is 2. The molecule has 0 bridgehead atoms. The summed E-state index contributed by atoms with van der Waals surface area (Å²) in [7, 11) is 0. The highest BCUT2D eigenvalue weighted by atomic mass is 16.5. The number of ether oxygens (including phenoxy) is 1. The van der Waals surface area contributed by atoms with E-state index in [-0.39, 0.29) is 6.61 Å². The molecular weight excluding hydrogens is 232 g/mol. The molecule has 1 heterocycles. The van der Waals surface area contributed by atoms with Crippen LogP contribution in [0.5, 0.6) is 0 Å². The molecular formula is C12H22N4O2. The first-order valence-electron chi connectivity index (χ1n) is 6.35. The lowest BCUT2D eigenvalue weighted by Crippen LogP contribution is -2.10. The van der Waals surface area contributed by atoms with Crippen LogP contribution in [0.15, 0.2) is 12.4 Å². The lowest BCUT2D eigenvalue weighted by Gasteiger charge is -2.08. The predicted molar refractivity (Wildman–Crippen MR) is 71.8 cm³/mol. The summed E-state index contributed by atoms with van der Waals surface area (Å²) < 4.78 is 5.16. The Balaban J connectivity index is 2.20. The van der Waals surface area contributed by atoms with E-state index >= 15 is 0 Å². The van der Waals surface area contributed by atoms with Crippen LogP contribution in [0.4, 0.5) is 11.6 Å². The summed E-state index contributed by atoms with van der Waals surface area (Å²) >= 11 is 0. The molecule has 0 aliphatic rings. The molecule has 0 saturated carbocycles. The molecule has 1 aromatic rings. The van der Waals surface area contributed by atoms with Gasteiger partial charge in [-0.15, -0.1) is 0 Å². The van der Waals surface area contributed by atoms with E-state index in [0.717, 1.165) is 37.6 Å². The molecule has 0 atom stereocenters. The summed E-state index contributed by atoms with van der Waals surface area (Å²) in [5.74, 6) is 1.55. The minimum atomic E-state index is 0.0735.